The Hall–Kier alpha value is -1.89. The Kier molecular flexibility index (Phi) is 4.04. The summed E-state index contributed by atoms with van der Waals surface area (Å²) in [6.45, 7) is 3.12. The third kappa shape index (κ3) is 2.70. The molecule has 1 aromatic rings. The van der Waals surface area contributed by atoms with Gasteiger partial charge in [0.2, 0.25) is 0 Å². The van der Waals surface area contributed by atoms with Gasteiger partial charge in [-0.25, -0.2) is 9.78 Å². The van der Waals surface area contributed by atoms with Crippen LogP contribution in [-0.4, -0.2) is 58.4 Å². The molecule has 0 unspecified atom stereocenters. The van der Waals surface area contributed by atoms with E-state index in [2.05, 4.69) is 15.2 Å². The van der Waals surface area contributed by atoms with Gasteiger partial charge in [-0.1, -0.05) is 12.8 Å². The fourth-order valence-corrected chi connectivity index (χ4v) is 4.28. The molecule has 0 radical (unpaired) electrons. The molecule has 7 heteroatoms. The first-order chi connectivity index (χ1) is 11.7. The predicted molar refractivity (Wildman–Crippen MR) is 86.4 cm³/mol. The topological polar surface area (TPSA) is 78.7 Å². The Balaban J connectivity index is 1.28. The smallest absolute Gasteiger partial charge is 0.325 e. The van der Waals surface area contributed by atoms with E-state index in [0.29, 0.717) is 12.5 Å². The van der Waals surface area contributed by atoms with Crippen LogP contribution in [0.1, 0.15) is 50.3 Å². The van der Waals surface area contributed by atoms with Gasteiger partial charge in [0.05, 0.1) is 6.20 Å². The molecule has 3 amide bonds. The summed E-state index contributed by atoms with van der Waals surface area (Å²) in [5.41, 5.74) is -0.588. The zero-order valence-corrected chi connectivity index (χ0v) is 13.9. The molecule has 3 aliphatic rings. The average Bonchev–Trinajstić information content (AvgIpc) is 3.31. The van der Waals surface area contributed by atoms with E-state index in [1.807, 2.05) is 0 Å². The summed E-state index contributed by atoms with van der Waals surface area (Å²) in [4.78, 5) is 32.8. The van der Waals surface area contributed by atoms with E-state index in [1.165, 1.54) is 4.90 Å². The number of carbonyl (C=O) groups is 2. The zero-order chi connectivity index (χ0) is 16.6. The lowest BCUT2D eigenvalue weighted by Gasteiger charge is -2.31. The normalized spacial score (nSPS) is 24.9. The zero-order valence-electron chi connectivity index (χ0n) is 13.9. The van der Waals surface area contributed by atoms with Gasteiger partial charge in [-0.15, -0.1) is 0 Å². The number of likely N-dealkylation sites (tertiary alicyclic amines) is 1. The van der Waals surface area contributed by atoms with Crippen molar-refractivity contribution in [3.8, 4) is 0 Å². The number of urea groups is 1. The monoisotopic (exact) mass is 332 g/mol. The molecule has 3 heterocycles. The van der Waals surface area contributed by atoms with Crippen LogP contribution < -0.4 is 5.32 Å². The van der Waals surface area contributed by atoms with E-state index in [-0.39, 0.29) is 11.9 Å². The molecular formula is C17H24N4O3. The maximum atomic E-state index is 12.6. The summed E-state index contributed by atoms with van der Waals surface area (Å²) < 4.78 is 5.40. The van der Waals surface area contributed by atoms with Gasteiger partial charge in [-0.2, -0.15) is 0 Å². The first-order valence-electron chi connectivity index (χ1n) is 8.94. The third-order valence-electron chi connectivity index (χ3n) is 5.73. The van der Waals surface area contributed by atoms with Crippen LogP contribution in [0.3, 0.4) is 0 Å². The highest BCUT2D eigenvalue weighted by Crippen LogP contribution is 2.35. The first-order valence-corrected chi connectivity index (χ1v) is 8.94. The van der Waals surface area contributed by atoms with Crippen molar-refractivity contribution in [1.29, 1.82) is 0 Å². The molecule has 0 aromatic carbocycles. The maximum absolute atomic E-state index is 12.6. The van der Waals surface area contributed by atoms with Gasteiger partial charge in [0.25, 0.3) is 5.91 Å². The molecule has 24 heavy (non-hydrogen) atoms. The van der Waals surface area contributed by atoms with Gasteiger partial charge in [-0.3, -0.25) is 9.69 Å². The van der Waals surface area contributed by atoms with E-state index in [1.54, 1.807) is 12.5 Å². The number of oxazole rings is 1. The summed E-state index contributed by atoms with van der Waals surface area (Å²) in [5.74, 6) is 1.20. The van der Waals surface area contributed by atoms with Crippen molar-refractivity contribution in [1.82, 2.24) is 20.1 Å². The molecule has 1 spiro atoms. The molecule has 0 bridgehead atoms. The van der Waals surface area contributed by atoms with E-state index in [9.17, 15) is 9.59 Å². The fraction of sp³-hybridized carbons (Fsp3) is 0.706. The number of nitrogens with zero attached hydrogens (tertiary/aromatic N) is 3. The lowest BCUT2D eigenvalue weighted by molar-refractivity contribution is -0.131. The SMILES string of the molecule is O=C1NC2(CCCC2)C(=O)N1CCN1CCC(c2ncco2)CC1. The number of rotatable bonds is 4. The molecule has 4 rings (SSSR count). The fourth-order valence-electron chi connectivity index (χ4n) is 4.28. The van der Waals surface area contributed by atoms with Crippen LogP contribution in [0.2, 0.25) is 0 Å². The van der Waals surface area contributed by atoms with Crippen LogP contribution in [0.15, 0.2) is 16.9 Å². The van der Waals surface area contributed by atoms with E-state index < -0.39 is 5.54 Å². The highest BCUT2D eigenvalue weighted by atomic mass is 16.3. The standard InChI is InChI=1S/C17H24N4O3/c22-15-17(5-1-2-6-17)19-16(23)21(15)11-10-20-8-3-13(4-9-20)14-18-7-12-24-14/h7,12-13H,1-6,8-11H2,(H,19,23). The number of imide groups is 1. The summed E-state index contributed by atoms with van der Waals surface area (Å²) >= 11 is 0. The van der Waals surface area contributed by atoms with E-state index in [0.717, 1.165) is 64.0 Å². The largest absolute Gasteiger partial charge is 0.449 e. The Morgan fingerprint density at radius 3 is 2.62 bits per heavy atom. The van der Waals surface area contributed by atoms with Gasteiger partial charge in [0, 0.05) is 19.0 Å². The second-order valence-corrected chi connectivity index (χ2v) is 7.16. The lowest BCUT2D eigenvalue weighted by atomic mass is 9.96. The van der Waals surface area contributed by atoms with Crippen molar-refractivity contribution in [2.24, 2.45) is 0 Å². The van der Waals surface area contributed by atoms with Gasteiger partial charge >= 0.3 is 6.03 Å². The highest BCUT2D eigenvalue weighted by molar-refractivity contribution is 6.07. The van der Waals surface area contributed by atoms with Crippen molar-refractivity contribution in [3.05, 3.63) is 18.4 Å². The Morgan fingerprint density at radius 2 is 1.96 bits per heavy atom. The number of amides is 3. The van der Waals surface area contributed by atoms with Crippen LogP contribution in [0, 0.1) is 0 Å². The van der Waals surface area contributed by atoms with Crippen LogP contribution in [-0.2, 0) is 4.79 Å². The number of nitrogens with one attached hydrogen (secondary N) is 1. The van der Waals surface area contributed by atoms with Crippen molar-refractivity contribution in [2.75, 3.05) is 26.2 Å². The van der Waals surface area contributed by atoms with Crippen LogP contribution >= 0.6 is 0 Å². The number of aromatic nitrogens is 1. The molecule has 2 aliphatic heterocycles. The van der Waals surface area contributed by atoms with Gasteiger partial charge in [-0.05, 0) is 38.8 Å². The Labute approximate surface area is 141 Å². The summed E-state index contributed by atoms with van der Waals surface area (Å²) in [6.07, 6.45) is 8.94. The lowest BCUT2D eigenvalue weighted by Crippen LogP contribution is -2.45. The van der Waals surface area contributed by atoms with Crippen LogP contribution in [0.5, 0.6) is 0 Å². The van der Waals surface area contributed by atoms with Crippen molar-refractivity contribution >= 4 is 11.9 Å². The number of carbonyl (C=O) groups excluding carboxylic acids is 2. The van der Waals surface area contributed by atoms with E-state index >= 15 is 0 Å². The minimum atomic E-state index is -0.588. The average molecular weight is 332 g/mol. The number of hydrogen-bond donors (Lipinski definition) is 1. The predicted octanol–water partition coefficient (Wildman–Crippen LogP) is 1.72. The van der Waals surface area contributed by atoms with Gasteiger partial charge in [0.15, 0.2) is 5.89 Å². The molecule has 1 saturated carbocycles. The van der Waals surface area contributed by atoms with Crippen molar-refractivity contribution < 1.29 is 14.0 Å². The molecule has 2 saturated heterocycles. The summed E-state index contributed by atoms with van der Waals surface area (Å²) in [7, 11) is 0. The van der Waals surface area contributed by atoms with E-state index in [4.69, 9.17) is 4.42 Å². The second-order valence-electron chi connectivity index (χ2n) is 7.16. The minimum Gasteiger partial charge on any atom is -0.449 e. The summed E-state index contributed by atoms with van der Waals surface area (Å²) in [5, 5.41) is 2.94. The Morgan fingerprint density at radius 1 is 1.21 bits per heavy atom. The highest BCUT2D eigenvalue weighted by Gasteiger charge is 2.52. The molecule has 1 N–H and O–H groups in total. The Bertz CT molecular complexity index is 601. The molecule has 130 valence electrons. The molecule has 1 aromatic heterocycles. The van der Waals surface area contributed by atoms with Crippen molar-refractivity contribution in [3.63, 3.8) is 0 Å². The minimum absolute atomic E-state index is 0.0142. The molecule has 1 aliphatic carbocycles. The quantitative estimate of drug-likeness (QED) is 0.849. The number of hydrogen-bond acceptors (Lipinski definition) is 5. The molecule has 7 nitrogen and oxygen atoms in total. The third-order valence-corrected chi connectivity index (χ3v) is 5.73. The van der Waals surface area contributed by atoms with Crippen molar-refractivity contribution in [2.45, 2.75) is 50.0 Å². The summed E-state index contributed by atoms with van der Waals surface area (Å²) in [6, 6.07) is -0.212. The number of piperidine rings is 1. The molecule has 3 fully saturated rings. The van der Waals surface area contributed by atoms with Gasteiger partial charge < -0.3 is 14.6 Å². The first kappa shape index (κ1) is 15.6. The van der Waals surface area contributed by atoms with Crippen LogP contribution in [0.25, 0.3) is 0 Å². The second kappa shape index (κ2) is 6.20. The molecule has 0 atom stereocenters. The van der Waals surface area contributed by atoms with Gasteiger partial charge in [0.1, 0.15) is 11.8 Å². The van der Waals surface area contributed by atoms with Crippen LogP contribution in [0.4, 0.5) is 4.79 Å². The maximum Gasteiger partial charge on any atom is 0.325 e. The molecular weight excluding hydrogens is 308 g/mol.